The second kappa shape index (κ2) is 5.19. The van der Waals surface area contributed by atoms with Crippen molar-refractivity contribution >= 4 is 17.6 Å². The zero-order valence-electron chi connectivity index (χ0n) is 10.2. The fraction of sp³-hybridized carbons (Fsp3) is 0.167. The lowest BCUT2D eigenvalue weighted by atomic mass is 10.2. The predicted molar refractivity (Wildman–Crippen MR) is 69.1 cm³/mol. The molecule has 2 N–H and O–H groups in total. The first-order valence-corrected chi connectivity index (χ1v) is 5.65. The number of benzene rings is 1. The van der Waals surface area contributed by atoms with Gasteiger partial charge in [-0.1, -0.05) is 11.6 Å². The Bertz CT molecular complexity index is 624. The second-order valence-corrected chi connectivity index (χ2v) is 3.99. The van der Waals surface area contributed by atoms with E-state index < -0.39 is 5.97 Å². The van der Waals surface area contributed by atoms with E-state index in [4.69, 9.17) is 26.2 Å². The van der Waals surface area contributed by atoms with Crippen molar-refractivity contribution < 1.29 is 19.4 Å². The van der Waals surface area contributed by atoms with Crippen molar-refractivity contribution in [2.75, 3.05) is 14.2 Å². The average molecular weight is 283 g/mol. The third kappa shape index (κ3) is 2.34. The number of ether oxygens (including phenoxy) is 2. The average Bonchev–Trinajstić information content (AvgIpc) is 2.87. The van der Waals surface area contributed by atoms with Crippen molar-refractivity contribution in [3.05, 3.63) is 29.0 Å². The van der Waals surface area contributed by atoms with Crippen LogP contribution in [0.5, 0.6) is 11.5 Å². The smallest absolute Gasteiger partial charge is 0.353 e. The molecule has 0 atom stereocenters. The molecule has 0 amide bonds. The van der Waals surface area contributed by atoms with Crippen molar-refractivity contribution in [2.24, 2.45) is 0 Å². The zero-order valence-corrected chi connectivity index (χ0v) is 11.0. The van der Waals surface area contributed by atoms with Crippen LogP contribution >= 0.6 is 11.6 Å². The molecule has 7 heteroatoms. The molecule has 0 radical (unpaired) electrons. The monoisotopic (exact) mass is 282 g/mol. The molecule has 0 bridgehead atoms. The standard InChI is InChI=1S/C12H11ClN2O4/c1-18-8-4-3-6(9(13)10(8)19-2)11-14-5-7(15-11)12(16)17/h3-5H,1-2H3,(H,14,15)(H,16,17). The number of nitrogens with one attached hydrogen (secondary N) is 1. The number of hydrogen-bond donors (Lipinski definition) is 2. The van der Waals surface area contributed by atoms with Crippen molar-refractivity contribution in [2.45, 2.75) is 0 Å². The fourth-order valence-corrected chi connectivity index (χ4v) is 1.96. The molecule has 0 aliphatic heterocycles. The Morgan fingerprint density at radius 3 is 2.63 bits per heavy atom. The van der Waals surface area contributed by atoms with Crippen molar-refractivity contribution in [1.82, 2.24) is 9.97 Å². The molecule has 0 unspecified atom stereocenters. The first kappa shape index (κ1) is 13.2. The van der Waals surface area contributed by atoms with Crippen LogP contribution in [0.4, 0.5) is 0 Å². The Hall–Kier alpha value is -2.21. The van der Waals surface area contributed by atoms with Gasteiger partial charge in [-0.3, -0.25) is 0 Å². The summed E-state index contributed by atoms with van der Waals surface area (Å²) in [4.78, 5) is 17.5. The first-order chi connectivity index (χ1) is 9.08. The molecule has 0 aliphatic rings. The molecule has 2 aromatic rings. The number of aromatic nitrogens is 2. The van der Waals surface area contributed by atoms with Crippen LogP contribution in [0.1, 0.15) is 10.5 Å². The van der Waals surface area contributed by atoms with Gasteiger partial charge in [0, 0.05) is 5.56 Å². The summed E-state index contributed by atoms with van der Waals surface area (Å²) in [5.74, 6) is 0.120. The summed E-state index contributed by atoms with van der Waals surface area (Å²) in [5, 5.41) is 9.15. The number of halogens is 1. The highest BCUT2D eigenvalue weighted by molar-refractivity contribution is 6.35. The molecule has 0 saturated carbocycles. The maximum Gasteiger partial charge on any atom is 0.353 e. The van der Waals surface area contributed by atoms with Crippen LogP contribution in [0.2, 0.25) is 5.02 Å². The minimum Gasteiger partial charge on any atom is -0.493 e. The zero-order chi connectivity index (χ0) is 14.0. The van der Waals surface area contributed by atoms with Crippen LogP contribution in [-0.2, 0) is 0 Å². The van der Waals surface area contributed by atoms with Gasteiger partial charge in [-0.25, -0.2) is 9.78 Å². The Labute approximate surface area is 113 Å². The number of H-pyrrole nitrogens is 1. The maximum absolute atomic E-state index is 10.8. The lowest BCUT2D eigenvalue weighted by Gasteiger charge is -2.11. The van der Waals surface area contributed by atoms with Crippen molar-refractivity contribution in [1.29, 1.82) is 0 Å². The number of hydrogen-bond acceptors (Lipinski definition) is 4. The number of methoxy groups -OCH3 is 2. The van der Waals surface area contributed by atoms with Crippen LogP contribution in [0, 0.1) is 0 Å². The second-order valence-electron chi connectivity index (χ2n) is 3.61. The molecule has 6 nitrogen and oxygen atoms in total. The largest absolute Gasteiger partial charge is 0.493 e. The third-order valence-electron chi connectivity index (χ3n) is 2.55. The molecule has 1 heterocycles. The predicted octanol–water partition coefficient (Wildman–Crippen LogP) is 2.45. The van der Waals surface area contributed by atoms with Gasteiger partial charge in [-0.05, 0) is 12.1 Å². The summed E-state index contributed by atoms with van der Waals surface area (Å²) in [6, 6.07) is 3.34. The molecule has 0 fully saturated rings. The third-order valence-corrected chi connectivity index (χ3v) is 2.92. The number of carboxylic acid groups (broad SMARTS) is 1. The topological polar surface area (TPSA) is 84.4 Å². The normalized spacial score (nSPS) is 10.3. The number of aromatic amines is 1. The number of rotatable bonds is 4. The molecule has 0 spiro atoms. The van der Waals surface area contributed by atoms with Gasteiger partial charge in [0.05, 0.1) is 25.4 Å². The Morgan fingerprint density at radius 2 is 2.11 bits per heavy atom. The number of aromatic carboxylic acids is 1. The Morgan fingerprint density at radius 1 is 1.37 bits per heavy atom. The molecular weight excluding hydrogens is 272 g/mol. The molecule has 100 valence electrons. The molecule has 0 saturated heterocycles. The van der Waals surface area contributed by atoms with Gasteiger partial charge in [-0.2, -0.15) is 0 Å². The van der Waals surface area contributed by atoms with Crippen LogP contribution in [0.3, 0.4) is 0 Å². The van der Waals surface area contributed by atoms with E-state index in [0.717, 1.165) is 0 Å². The molecule has 2 rings (SSSR count). The van der Waals surface area contributed by atoms with Gasteiger partial charge in [0.15, 0.2) is 11.5 Å². The van der Waals surface area contributed by atoms with Gasteiger partial charge in [0.2, 0.25) is 0 Å². The van der Waals surface area contributed by atoms with E-state index in [1.165, 1.54) is 20.4 Å². The Balaban J connectivity index is 2.53. The van der Waals surface area contributed by atoms with E-state index in [-0.39, 0.29) is 5.69 Å². The number of nitrogens with zero attached hydrogens (tertiary/aromatic N) is 1. The highest BCUT2D eigenvalue weighted by Gasteiger charge is 2.17. The number of carbonyl (C=O) groups is 1. The minimum absolute atomic E-state index is 0.0131. The van der Waals surface area contributed by atoms with E-state index >= 15 is 0 Å². The van der Waals surface area contributed by atoms with Crippen LogP contribution < -0.4 is 9.47 Å². The van der Waals surface area contributed by atoms with Crippen LogP contribution in [0.15, 0.2) is 18.3 Å². The summed E-state index contributed by atoms with van der Waals surface area (Å²) < 4.78 is 10.3. The lowest BCUT2D eigenvalue weighted by molar-refractivity contribution is 0.0691. The van der Waals surface area contributed by atoms with Gasteiger partial charge < -0.3 is 19.6 Å². The summed E-state index contributed by atoms with van der Waals surface area (Å²) in [6.07, 6.45) is 1.23. The van der Waals surface area contributed by atoms with Crippen LogP contribution in [0.25, 0.3) is 11.4 Å². The van der Waals surface area contributed by atoms with E-state index in [1.54, 1.807) is 12.1 Å². The molecule has 0 aliphatic carbocycles. The molecular formula is C12H11ClN2O4. The highest BCUT2D eigenvalue weighted by Crippen LogP contribution is 2.40. The van der Waals surface area contributed by atoms with Crippen molar-refractivity contribution in [3.63, 3.8) is 0 Å². The van der Waals surface area contributed by atoms with Crippen LogP contribution in [-0.4, -0.2) is 35.3 Å². The molecule has 19 heavy (non-hydrogen) atoms. The maximum atomic E-state index is 10.8. The number of carboxylic acids is 1. The lowest BCUT2D eigenvalue weighted by Crippen LogP contribution is -1.96. The van der Waals surface area contributed by atoms with E-state index in [2.05, 4.69) is 9.97 Å². The quantitative estimate of drug-likeness (QED) is 0.900. The Kier molecular flexibility index (Phi) is 3.62. The summed E-state index contributed by atoms with van der Waals surface area (Å²) >= 11 is 6.20. The molecule has 1 aromatic carbocycles. The van der Waals surface area contributed by atoms with Gasteiger partial charge >= 0.3 is 5.97 Å². The van der Waals surface area contributed by atoms with Gasteiger partial charge in [0.1, 0.15) is 11.5 Å². The summed E-state index contributed by atoms with van der Waals surface area (Å²) in [7, 11) is 2.97. The first-order valence-electron chi connectivity index (χ1n) is 5.27. The van der Waals surface area contributed by atoms with Gasteiger partial charge in [0.25, 0.3) is 0 Å². The minimum atomic E-state index is -1.09. The van der Waals surface area contributed by atoms with Crippen molar-refractivity contribution in [3.8, 4) is 22.9 Å². The summed E-state index contributed by atoms with van der Waals surface area (Å²) in [6.45, 7) is 0. The van der Waals surface area contributed by atoms with Gasteiger partial charge in [-0.15, -0.1) is 0 Å². The summed E-state index contributed by atoms with van der Waals surface area (Å²) in [5.41, 5.74) is 0.521. The SMILES string of the molecule is COc1ccc(-c2ncc(C(=O)O)[nH]2)c(Cl)c1OC. The highest BCUT2D eigenvalue weighted by atomic mass is 35.5. The fourth-order valence-electron chi connectivity index (χ4n) is 1.64. The molecule has 1 aromatic heterocycles. The number of imidazole rings is 1. The van der Waals surface area contributed by atoms with E-state index in [0.29, 0.717) is 27.9 Å². The van der Waals surface area contributed by atoms with E-state index in [1.807, 2.05) is 0 Å². The van der Waals surface area contributed by atoms with E-state index in [9.17, 15) is 4.79 Å².